The second-order valence-corrected chi connectivity index (χ2v) is 6.83. The summed E-state index contributed by atoms with van der Waals surface area (Å²) in [6.45, 7) is 3.98. The monoisotopic (exact) mass is 422 g/mol. The van der Waals surface area contributed by atoms with Gasteiger partial charge in [0.2, 0.25) is 0 Å². The molecule has 1 N–H and O–H groups in total. The highest BCUT2D eigenvalue weighted by Gasteiger charge is 2.62. The lowest BCUT2D eigenvalue weighted by atomic mass is 10.1. The molecule has 2 aromatic rings. The van der Waals surface area contributed by atoms with Gasteiger partial charge in [0.05, 0.1) is 6.61 Å². The lowest BCUT2D eigenvalue weighted by molar-refractivity contribution is -0.297. The summed E-state index contributed by atoms with van der Waals surface area (Å²) in [5.74, 6) is 0.313. The van der Waals surface area contributed by atoms with Crippen molar-refractivity contribution in [3.8, 4) is 11.5 Å². The summed E-state index contributed by atoms with van der Waals surface area (Å²) in [6, 6.07) is 13.0. The Morgan fingerprint density at radius 1 is 1.10 bits per heavy atom. The number of amides is 1. The summed E-state index contributed by atoms with van der Waals surface area (Å²) in [7, 11) is 0. The number of nitrogens with zero attached hydrogens (tertiary/aromatic N) is 2. The molecule has 1 atom stereocenters. The van der Waals surface area contributed by atoms with Crippen molar-refractivity contribution in [2.45, 2.75) is 38.8 Å². The Morgan fingerprint density at radius 3 is 2.20 bits per heavy atom. The van der Waals surface area contributed by atoms with Gasteiger partial charge in [-0.1, -0.05) is 12.1 Å². The van der Waals surface area contributed by atoms with Gasteiger partial charge in [-0.2, -0.15) is 23.3 Å². The van der Waals surface area contributed by atoms with E-state index < -0.39 is 24.2 Å². The molecule has 1 amide bonds. The molecular weight excluding hydrogens is 401 g/mol. The molecular formula is C21H21F3N2O4. The smallest absolute Gasteiger partial charge is 0.438 e. The minimum absolute atomic E-state index is 0.0172. The minimum atomic E-state index is -5.03. The van der Waals surface area contributed by atoms with Crippen LogP contribution < -0.4 is 9.47 Å². The maximum Gasteiger partial charge on any atom is 0.438 e. The fourth-order valence-electron chi connectivity index (χ4n) is 2.99. The van der Waals surface area contributed by atoms with Crippen molar-refractivity contribution in [3.05, 3.63) is 59.7 Å². The highest BCUT2D eigenvalue weighted by molar-refractivity contribution is 5.97. The molecule has 0 spiro atoms. The molecule has 1 aliphatic heterocycles. The van der Waals surface area contributed by atoms with E-state index in [0.717, 1.165) is 5.75 Å². The van der Waals surface area contributed by atoms with Gasteiger partial charge < -0.3 is 14.6 Å². The van der Waals surface area contributed by atoms with Gasteiger partial charge in [-0.15, -0.1) is 0 Å². The number of hydrazone groups is 1. The predicted octanol–water partition coefficient (Wildman–Crippen LogP) is 4.14. The molecule has 30 heavy (non-hydrogen) atoms. The summed E-state index contributed by atoms with van der Waals surface area (Å²) < 4.78 is 50.9. The maximum atomic E-state index is 13.3. The molecule has 0 saturated heterocycles. The van der Waals surface area contributed by atoms with Crippen LogP contribution in [0.2, 0.25) is 0 Å². The molecule has 0 aromatic heterocycles. The van der Waals surface area contributed by atoms with E-state index >= 15 is 0 Å². The Morgan fingerprint density at radius 2 is 1.67 bits per heavy atom. The van der Waals surface area contributed by atoms with Crippen LogP contribution >= 0.6 is 0 Å². The van der Waals surface area contributed by atoms with Crippen LogP contribution in [0.3, 0.4) is 0 Å². The number of ether oxygens (including phenoxy) is 2. The van der Waals surface area contributed by atoms with Crippen molar-refractivity contribution in [2.24, 2.45) is 5.10 Å². The number of alkyl halides is 3. The highest BCUT2D eigenvalue weighted by Crippen LogP contribution is 2.40. The minimum Gasteiger partial charge on any atom is -0.494 e. The van der Waals surface area contributed by atoms with Gasteiger partial charge in [0.15, 0.2) is 0 Å². The molecule has 0 aliphatic carbocycles. The Hall–Kier alpha value is -3.07. The molecule has 0 fully saturated rings. The first-order valence-electron chi connectivity index (χ1n) is 9.26. The quantitative estimate of drug-likeness (QED) is 0.760. The molecule has 3 rings (SSSR count). The van der Waals surface area contributed by atoms with Gasteiger partial charge in [-0.25, -0.2) is 0 Å². The number of rotatable bonds is 6. The highest BCUT2D eigenvalue weighted by atomic mass is 19.4. The molecule has 0 bridgehead atoms. The van der Waals surface area contributed by atoms with Crippen molar-refractivity contribution in [1.82, 2.24) is 5.01 Å². The first kappa shape index (κ1) is 21.6. The lowest BCUT2D eigenvalue weighted by Crippen LogP contribution is -2.56. The molecule has 0 saturated carbocycles. The third-order valence-electron chi connectivity index (χ3n) is 4.51. The van der Waals surface area contributed by atoms with Gasteiger partial charge in [0.1, 0.15) is 18.1 Å². The lowest BCUT2D eigenvalue weighted by Gasteiger charge is -2.32. The van der Waals surface area contributed by atoms with E-state index in [-0.39, 0.29) is 22.9 Å². The summed E-state index contributed by atoms with van der Waals surface area (Å²) in [5, 5.41) is 13.7. The van der Waals surface area contributed by atoms with Crippen molar-refractivity contribution < 1.29 is 32.5 Å². The van der Waals surface area contributed by atoms with Crippen molar-refractivity contribution in [3.63, 3.8) is 0 Å². The van der Waals surface area contributed by atoms with Crippen LogP contribution in [0.4, 0.5) is 13.2 Å². The molecule has 160 valence electrons. The number of aliphatic hydroxyl groups is 1. The molecule has 1 unspecified atom stereocenters. The summed E-state index contributed by atoms with van der Waals surface area (Å²) >= 11 is 0. The number of hydrogen-bond acceptors (Lipinski definition) is 5. The largest absolute Gasteiger partial charge is 0.494 e. The van der Waals surface area contributed by atoms with Crippen LogP contribution in [0.25, 0.3) is 0 Å². The zero-order valence-corrected chi connectivity index (χ0v) is 16.4. The second kappa shape index (κ2) is 8.35. The summed E-state index contributed by atoms with van der Waals surface area (Å²) in [6.07, 6.45) is -5.81. The molecule has 1 aliphatic rings. The predicted molar refractivity (Wildman–Crippen MR) is 103 cm³/mol. The van der Waals surface area contributed by atoms with E-state index in [1.165, 1.54) is 19.1 Å². The van der Waals surface area contributed by atoms with Crippen LogP contribution in [0.5, 0.6) is 11.5 Å². The van der Waals surface area contributed by atoms with Crippen molar-refractivity contribution in [1.29, 1.82) is 0 Å². The standard InChI is InChI=1S/C21H21F3N2O4/c1-3-29-17-8-10-18(11-9-17)30-13-15-4-6-16(7-5-15)19(27)26-20(28,21(22,23)24)12-14(2)25-26/h4-11,28H,3,12-13H2,1-2H3. The topological polar surface area (TPSA) is 71.4 Å². The third kappa shape index (κ3) is 4.40. The fraction of sp³-hybridized carbons (Fsp3) is 0.333. The average Bonchev–Trinajstić information content (AvgIpc) is 3.03. The van der Waals surface area contributed by atoms with Crippen LogP contribution in [0.15, 0.2) is 53.6 Å². The van der Waals surface area contributed by atoms with E-state index in [0.29, 0.717) is 17.9 Å². The van der Waals surface area contributed by atoms with Gasteiger partial charge in [-0.05, 0) is 55.8 Å². The zero-order chi connectivity index (χ0) is 21.9. The van der Waals surface area contributed by atoms with Crippen LogP contribution in [-0.4, -0.2) is 40.2 Å². The Balaban J connectivity index is 1.67. The fourth-order valence-corrected chi connectivity index (χ4v) is 2.99. The van der Waals surface area contributed by atoms with E-state index in [2.05, 4.69) is 5.10 Å². The van der Waals surface area contributed by atoms with Gasteiger partial charge in [0.25, 0.3) is 11.6 Å². The van der Waals surface area contributed by atoms with E-state index in [1.807, 2.05) is 6.92 Å². The normalized spacial score (nSPS) is 18.9. The number of carbonyl (C=O) groups excluding carboxylic acids is 1. The molecule has 0 radical (unpaired) electrons. The molecule has 9 heteroatoms. The van der Waals surface area contributed by atoms with Gasteiger partial charge >= 0.3 is 6.18 Å². The molecule has 1 heterocycles. The van der Waals surface area contributed by atoms with E-state index in [4.69, 9.17) is 9.47 Å². The number of benzene rings is 2. The first-order chi connectivity index (χ1) is 14.1. The van der Waals surface area contributed by atoms with E-state index in [1.54, 1.807) is 36.4 Å². The van der Waals surface area contributed by atoms with Crippen LogP contribution in [-0.2, 0) is 6.61 Å². The van der Waals surface area contributed by atoms with Gasteiger partial charge in [0, 0.05) is 17.7 Å². The van der Waals surface area contributed by atoms with Gasteiger partial charge in [-0.3, -0.25) is 4.79 Å². The van der Waals surface area contributed by atoms with Crippen molar-refractivity contribution >= 4 is 11.6 Å². The number of hydrogen-bond donors (Lipinski definition) is 1. The zero-order valence-electron chi connectivity index (χ0n) is 16.4. The Labute approximate surface area is 171 Å². The second-order valence-electron chi connectivity index (χ2n) is 6.83. The average molecular weight is 422 g/mol. The van der Waals surface area contributed by atoms with Crippen molar-refractivity contribution in [2.75, 3.05) is 6.61 Å². The molecule has 2 aromatic carbocycles. The third-order valence-corrected chi connectivity index (χ3v) is 4.51. The Kier molecular flexibility index (Phi) is 6.02. The summed E-state index contributed by atoms with van der Waals surface area (Å²) in [4.78, 5) is 12.5. The number of carbonyl (C=O) groups is 1. The summed E-state index contributed by atoms with van der Waals surface area (Å²) in [5.41, 5.74) is -2.64. The maximum absolute atomic E-state index is 13.3. The SMILES string of the molecule is CCOc1ccc(OCc2ccc(C(=O)N3N=C(C)CC3(O)C(F)(F)F)cc2)cc1. The van der Waals surface area contributed by atoms with Crippen LogP contribution in [0.1, 0.15) is 36.2 Å². The van der Waals surface area contributed by atoms with E-state index in [9.17, 15) is 23.1 Å². The number of halogens is 3. The molecule has 6 nitrogen and oxygen atoms in total. The first-order valence-corrected chi connectivity index (χ1v) is 9.26. The Bertz CT molecular complexity index is 927. The van der Waals surface area contributed by atoms with Crippen LogP contribution in [0, 0.1) is 0 Å².